The number of piperidine rings is 1. The summed E-state index contributed by atoms with van der Waals surface area (Å²) in [6.07, 6.45) is 5.85. The van der Waals surface area contributed by atoms with Crippen LogP contribution in [0.1, 0.15) is 41.2 Å². The maximum atomic E-state index is 13.4. The van der Waals surface area contributed by atoms with Crippen molar-refractivity contribution in [1.29, 1.82) is 0 Å². The second kappa shape index (κ2) is 5.49. The zero-order valence-corrected chi connectivity index (χ0v) is 11.1. The lowest BCUT2D eigenvalue weighted by molar-refractivity contribution is 0.0610. The zero-order chi connectivity index (χ0) is 13.9. The summed E-state index contributed by atoms with van der Waals surface area (Å²) in [4.78, 5) is 14.3. The molecular weight excluding hydrogens is 257 g/mol. The zero-order valence-electron chi connectivity index (χ0n) is 11.1. The summed E-state index contributed by atoms with van der Waals surface area (Å²) in [6, 6.07) is 8.13. The van der Waals surface area contributed by atoms with Crippen LogP contribution in [0.5, 0.6) is 0 Å². The van der Waals surface area contributed by atoms with Crippen molar-refractivity contribution in [3.05, 3.63) is 59.8 Å². The van der Waals surface area contributed by atoms with Crippen LogP contribution < -0.4 is 0 Å². The molecule has 2 aromatic rings. The van der Waals surface area contributed by atoms with Gasteiger partial charge in [-0.25, -0.2) is 4.39 Å². The minimum Gasteiger partial charge on any atom is -0.472 e. The van der Waals surface area contributed by atoms with E-state index < -0.39 is 0 Å². The van der Waals surface area contributed by atoms with E-state index in [4.69, 9.17) is 4.42 Å². The molecule has 0 unspecified atom stereocenters. The Hall–Kier alpha value is -2.10. The molecule has 3 rings (SSSR count). The molecule has 20 heavy (non-hydrogen) atoms. The molecule has 0 N–H and O–H groups in total. The van der Waals surface area contributed by atoms with Gasteiger partial charge >= 0.3 is 0 Å². The Labute approximate surface area is 117 Å². The molecule has 1 aliphatic rings. The number of rotatable bonds is 2. The average Bonchev–Trinajstić information content (AvgIpc) is 3.01. The van der Waals surface area contributed by atoms with E-state index in [1.165, 1.54) is 24.7 Å². The monoisotopic (exact) mass is 273 g/mol. The Morgan fingerprint density at radius 2 is 2.20 bits per heavy atom. The van der Waals surface area contributed by atoms with Gasteiger partial charge in [-0.15, -0.1) is 0 Å². The highest BCUT2D eigenvalue weighted by atomic mass is 19.1. The fourth-order valence-electron chi connectivity index (χ4n) is 2.79. The van der Waals surface area contributed by atoms with Crippen LogP contribution in [-0.4, -0.2) is 17.4 Å². The predicted molar refractivity (Wildman–Crippen MR) is 72.7 cm³/mol. The molecule has 1 aliphatic heterocycles. The smallest absolute Gasteiger partial charge is 0.257 e. The van der Waals surface area contributed by atoms with Gasteiger partial charge < -0.3 is 9.32 Å². The number of hydrogen-bond donors (Lipinski definition) is 0. The van der Waals surface area contributed by atoms with Crippen LogP contribution in [0.3, 0.4) is 0 Å². The van der Waals surface area contributed by atoms with E-state index in [-0.39, 0.29) is 17.8 Å². The summed E-state index contributed by atoms with van der Waals surface area (Å²) >= 11 is 0. The lowest BCUT2D eigenvalue weighted by atomic mass is 9.94. The largest absolute Gasteiger partial charge is 0.472 e. The first-order valence-electron chi connectivity index (χ1n) is 6.84. The quantitative estimate of drug-likeness (QED) is 0.834. The highest BCUT2D eigenvalue weighted by Gasteiger charge is 2.29. The molecule has 1 aromatic heterocycles. The van der Waals surface area contributed by atoms with Crippen molar-refractivity contribution in [2.45, 2.75) is 25.3 Å². The molecular formula is C16H16FNO2. The number of hydrogen-bond acceptors (Lipinski definition) is 2. The fraction of sp³-hybridized carbons (Fsp3) is 0.312. The van der Waals surface area contributed by atoms with Crippen molar-refractivity contribution in [3.8, 4) is 0 Å². The molecule has 1 fully saturated rings. The number of furan rings is 1. The van der Waals surface area contributed by atoms with Gasteiger partial charge in [0.2, 0.25) is 0 Å². The number of carbonyl (C=O) groups is 1. The maximum absolute atomic E-state index is 13.4. The number of likely N-dealkylation sites (tertiary alicyclic amines) is 1. The molecule has 0 spiro atoms. The Morgan fingerprint density at radius 3 is 2.95 bits per heavy atom. The van der Waals surface area contributed by atoms with Crippen LogP contribution in [0.4, 0.5) is 4.39 Å². The lowest BCUT2D eigenvalue weighted by Gasteiger charge is -2.36. The number of carbonyl (C=O) groups excluding carboxylic acids is 1. The van der Waals surface area contributed by atoms with Gasteiger partial charge in [0.15, 0.2) is 0 Å². The first kappa shape index (κ1) is 12.9. The lowest BCUT2D eigenvalue weighted by Crippen LogP contribution is -2.38. The Morgan fingerprint density at radius 1 is 1.30 bits per heavy atom. The average molecular weight is 273 g/mol. The first-order valence-corrected chi connectivity index (χ1v) is 6.84. The van der Waals surface area contributed by atoms with Gasteiger partial charge in [-0.3, -0.25) is 4.79 Å². The van der Waals surface area contributed by atoms with E-state index in [2.05, 4.69) is 0 Å². The number of halogens is 1. The second-order valence-electron chi connectivity index (χ2n) is 5.08. The Kier molecular flexibility index (Phi) is 3.54. The van der Waals surface area contributed by atoms with E-state index in [9.17, 15) is 9.18 Å². The highest BCUT2D eigenvalue weighted by Crippen LogP contribution is 2.32. The summed E-state index contributed by atoms with van der Waals surface area (Å²) in [5, 5.41) is 0. The molecule has 2 heterocycles. The molecule has 4 heteroatoms. The molecule has 0 aliphatic carbocycles. The van der Waals surface area contributed by atoms with Crippen LogP contribution in [-0.2, 0) is 0 Å². The van der Waals surface area contributed by atoms with Crippen LogP contribution in [0.15, 0.2) is 47.3 Å². The van der Waals surface area contributed by atoms with Gasteiger partial charge in [0.05, 0.1) is 17.9 Å². The van der Waals surface area contributed by atoms with Crippen LogP contribution in [0.2, 0.25) is 0 Å². The fourth-order valence-corrected chi connectivity index (χ4v) is 2.79. The predicted octanol–water partition coefficient (Wildman–Crippen LogP) is 3.79. The third-order valence-corrected chi connectivity index (χ3v) is 3.77. The van der Waals surface area contributed by atoms with Gasteiger partial charge in [-0.2, -0.15) is 0 Å². The molecule has 0 bridgehead atoms. The van der Waals surface area contributed by atoms with Crippen molar-refractivity contribution in [2.75, 3.05) is 6.54 Å². The van der Waals surface area contributed by atoms with Crippen LogP contribution >= 0.6 is 0 Å². The second-order valence-corrected chi connectivity index (χ2v) is 5.08. The van der Waals surface area contributed by atoms with E-state index in [0.717, 1.165) is 24.8 Å². The number of amides is 1. The van der Waals surface area contributed by atoms with E-state index in [1.807, 2.05) is 11.0 Å². The van der Waals surface area contributed by atoms with Crippen molar-refractivity contribution in [3.63, 3.8) is 0 Å². The Balaban J connectivity index is 1.89. The minimum atomic E-state index is -0.260. The normalized spacial score (nSPS) is 19.1. The standard InChI is InChI=1S/C16H16FNO2/c17-14-5-3-4-12(10-14)15-6-1-2-8-18(15)16(19)13-7-9-20-11-13/h3-5,7,9-11,15H,1-2,6,8H2/t15-/m0/s1. The van der Waals surface area contributed by atoms with Gasteiger partial charge in [-0.1, -0.05) is 12.1 Å². The summed E-state index contributed by atoms with van der Waals surface area (Å²) in [5.74, 6) is -0.309. The highest BCUT2D eigenvalue weighted by molar-refractivity contribution is 5.94. The SMILES string of the molecule is O=C(c1ccoc1)N1CCCC[C@H]1c1cccc(F)c1. The molecule has 1 amide bonds. The van der Waals surface area contributed by atoms with Gasteiger partial charge in [0.1, 0.15) is 12.1 Å². The molecule has 1 aromatic carbocycles. The van der Waals surface area contributed by atoms with E-state index in [0.29, 0.717) is 12.1 Å². The van der Waals surface area contributed by atoms with Crippen molar-refractivity contribution >= 4 is 5.91 Å². The summed E-state index contributed by atoms with van der Waals surface area (Å²) in [6.45, 7) is 0.700. The molecule has 1 saturated heterocycles. The maximum Gasteiger partial charge on any atom is 0.257 e. The molecule has 0 radical (unpaired) electrons. The van der Waals surface area contributed by atoms with Crippen molar-refractivity contribution in [2.24, 2.45) is 0 Å². The molecule has 0 saturated carbocycles. The Bertz CT molecular complexity index is 594. The van der Waals surface area contributed by atoms with Gasteiger partial charge in [-0.05, 0) is 43.0 Å². The summed E-state index contributed by atoms with van der Waals surface area (Å²) in [7, 11) is 0. The van der Waals surface area contributed by atoms with Gasteiger partial charge in [0, 0.05) is 6.54 Å². The van der Waals surface area contributed by atoms with Crippen LogP contribution in [0, 0.1) is 5.82 Å². The van der Waals surface area contributed by atoms with E-state index in [1.54, 1.807) is 12.1 Å². The van der Waals surface area contributed by atoms with Crippen LogP contribution in [0.25, 0.3) is 0 Å². The van der Waals surface area contributed by atoms with E-state index >= 15 is 0 Å². The third kappa shape index (κ3) is 2.46. The van der Waals surface area contributed by atoms with Gasteiger partial charge in [0.25, 0.3) is 5.91 Å². The number of nitrogens with zero attached hydrogens (tertiary/aromatic N) is 1. The van der Waals surface area contributed by atoms with Crippen molar-refractivity contribution < 1.29 is 13.6 Å². The first-order chi connectivity index (χ1) is 9.75. The summed E-state index contributed by atoms with van der Waals surface area (Å²) < 4.78 is 18.4. The summed E-state index contributed by atoms with van der Waals surface area (Å²) in [5.41, 5.74) is 1.41. The third-order valence-electron chi connectivity index (χ3n) is 3.77. The molecule has 1 atom stereocenters. The topological polar surface area (TPSA) is 33.5 Å². The molecule has 3 nitrogen and oxygen atoms in total. The van der Waals surface area contributed by atoms with Crippen molar-refractivity contribution in [1.82, 2.24) is 4.90 Å². The molecule has 104 valence electrons. The minimum absolute atomic E-state index is 0.0484. The number of benzene rings is 1.